The summed E-state index contributed by atoms with van der Waals surface area (Å²) in [6.45, 7) is 0.945. The summed E-state index contributed by atoms with van der Waals surface area (Å²) in [5, 5.41) is 5.40. The average molecular weight is 246 g/mol. The molecule has 0 atom stereocenters. The van der Waals surface area contributed by atoms with E-state index >= 15 is 0 Å². The average Bonchev–Trinajstić information content (AvgIpc) is 2.78. The first-order valence-corrected chi connectivity index (χ1v) is 6.58. The Kier molecular flexibility index (Phi) is 3.82. The maximum atomic E-state index is 3.18. The van der Waals surface area contributed by atoms with Crippen LogP contribution in [0.4, 0.5) is 5.69 Å². The second-order valence-electron chi connectivity index (χ2n) is 4.27. The first kappa shape index (κ1) is 12.1. The Hall–Kier alpha value is -1.32. The van der Waals surface area contributed by atoms with Crippen LogP contribution in [0.15, 0.2) is 35.7 Å². The fourth-order valence-electron chi connectivity index (χ4n) is 1.75. The van der Waals surface area contributed by atoms with Gasteiger partial charge >= 0.3 is 0 Å². The molecule has 17 heavy (non-hydrogen) atoms. The first-order chi connectivity index (χ1) is 8.20. The highest BCUT2D eigenvalue weighted by molar-refractivity contribution is 7.10. The zero-order valence-electron chi connectivity index (χ0n) is 10.5. The molecule has 0 saturated heterocycles. The molecule has 2 nitrogen and oxygen atoms in total. The number of thiophene rings is 1. The van der Waals surface area contributed by atoms with Crippen LogP contribution in [0.25, 0.3) is 11.1 Å². The Bertz CT molecular complexity index is 471. The summed E-state index contributed by atoms with van der Waals surface area (Å²) in [5.41, 5.74) is 3.83. The van der Waals surface area contributed by atoms with Gasteiger partial charge in [0.2, 0.25) is 0 Å². The van der Waals surface area contributed by atoms with Crippen molar-refractivity contribution in [1.82, 2.24) is 5.32 Å². The summed E-state index contributed by atoms with van der Waals surface area (Å²) < 4.78 is 0. The van der Waals surface area contributed by atoms with Crippen LogP contribution in [0.2, 0.25) is 0 Å². The van der Waals surface area contributed by atoms with E-state index in [0.29, 0.717) is 0 Å². The van der Waals surface area contributed by atoms with Crippen LogP contribution in [-0.2, 0) is 6.54 Å². The Morgan fingerprint density at radius 1 is 1.12 bits per heavy atom. The van der Waals surface area contributed by atoms with Gasteiger partial charge in [0.15, 0.2) is 0 Å². The summed E-state index contributed by atoms with van der Waals surface area (Å²) in [6.07, 6.45) is 0. The van der Waals surface area contributed by atoms with Crippen molar-refractivity contribution < 1.29 is 0 Å². The Balaban J connectivity index is 2.21. The van der Waals surface area contributed by atoms with Gasteiger partial charge in [-0.05, 0) is 41.8 Å². The highest BCUT2D eigenvalue weighted by Crippen LogP contribution is 2.27. The number of hydrogen-bond acceptors (Lipinski definition) is 3. The van der Waals surface area contributed by atoms with Crippen molar-refractivity contribution in [3.63, 3.8) is 0 Å². The molecule has 0 bridgehead atoms. The maximum absolute atomic E-state index is 3.18. The summed E-state index contributed by atoms with van der Waals surface area (Å²) in [5.74, 6) is 0. The van der Waals surface area contributed by atoms with Gasteiger partial charge in [-0.2, -0.15) is 0 Å². The normalized spacial score (nSPS) is 10.5. The fourth-order valence-corrected chi connectivity index (χ4v) is 2.66. The molecule has 1 N–H and O–H groups in total. The number of rotatable bonds is 4. The number of nitrogens with zero attached hydrogens (tertiary/aromatic N) is 1. The van der Waals surface area contributed by atoms with Gasteiger partial charge in [-0.25, -0.2) is 0 Å². The molecule has 0 aliphatic heterocycles. The van der Waals surface area contributed by atoms with Crippen LogP contribution in [0.5, 0.6) is 0 Å². The zero-order chi connectivity index (χ0) is 12.3. The monoisotopic (exact) mass is 246 g/mol. The lowest BCUT2D eigenvalue weighted by atomic mass is 10.1. The topological polar surface area (TPSA) is 15.3 Å². The SMILES string of the molecule is CNCc1cc(-c2ccc(N(C)C)cc2)cs1. The van der Waals surface area contributed by atoms with Gasteiger partial charge in [0.25, 0.3) is 0 Å². The standard InChI is InChI=1S/C14H18N2S/c1-15-9-14-8-12(10-17-14)11-4-6-13(7-5-11)16(2)3/h4-8,10,15H,9H2,1-3H3. The third-order valence-corrected chi connectivity index (χ3v) is 3.66. The molecule has 0 saturated carbocycles. The Labute approximate surface area is 107 Å². The van der Waals surface area contributed by atoms with Gasteiger partial charge in [-0.3, -0.25) is 0 Å². The number of anilines is 1. The van der Waals surface area contributed by atoms with Crippen molar-refractivity contribution >= 4 is 17.0 Å². The maximum Gasteiger partial charge on any atom is 0.0361 e. The summed E-state index contributed by atoms with van der Waals surface area (Å²) in [4.78, 5) is 3.49. The van der Waals surface area contributed by atoms with Crippen molar-refractivity contribution in [3.05, 3.63) is 40.6 Å². The van der Waals surface area contributed by atoms with Crippen LogP contribution in [0.3, 0.4) is 0 Å². The van der Waals surface area contributed by atoms with Gasteiger partial charge in [0.05, 0.1) is 0 Å². The zero-order valence-corrected chi connectivity index (χ0v) is 11.3. The second kappa shape index (κ2) is 5.34. The minimum absolute atomic E-state index is 0.945. The second-order valence-corrected chi connectivity index (χ2v) is 5.27. The predicted molar refractivity (Wildman–Crippen MR) is 76.8 cm³/mol. The highest BCUT2D eigenvalue weighted by atomic mass is 32.1. The summed E-state index contributed by atoms with van der Waals surface area (Å²) in [7, 11) is 6.10. The lowest BCUT2D eigenvalue weighted by Gasteiger charge is -2.12. The van der Waals surface area contributed by atoms with E-state index in [0.717, 1.165) is 6.54 Å². The van der Waals surface area contributed by atoms with Crippen LogP contribution >= 0.6 is 11.3 Å². The molecule has 3 heteroatoms. The third-order valence-electron chi connectivity index (χ3n) is 2.72. The van der Waals surface area contributed by atoms with Crippen molar-refractivity contribution in [3.8, 4) is 11.1 Å². The molecule has 1 aromatic heterocycles. The molecule has 90 valence electrons. The molecule has 0 spiro atoms. The molecule has 2 rings (SSSR count). The van der Waals surface area contributed by atoms with E-state index in [-0.39, 0.29) is 0 Å². The minimum atomic E-state index is 0.945. The van der Waals surface area contributed by atoms with Crippen LogP contribution in [0, 0.1) is 0 Å². The van der Waals surface area contributed by atoms with Crippen molar-refractivity contribution in [2.24, 2.45) is 0 Å². The molecule has 0 amide bonds. The Morgan fingerprint density at radius 2 is 1.82 bits per heavy atom. The first-order valence-electron chi connectivity index (χ1n) is 5.70. The lowest BCUT2D eigenvalue weighted by Crippen LogP contribution is -2.07. The van der Waals surface area contributed by atoms with E-state index in [4.69, 9.17) is 0 Å². The molecule has 0 aliphatic rings. The molecule has 1 heterocycles. The lowest BCUT2D eigenvalue weighted by molar-refractivity contribution is 0.831. The molecule has 1 aromatic carbocycles. The van der Waals surface area contributed by atoms with E-state index in [1.807, 2.05) is 7.05 Å². The van der Waals surface area contributed by atoms with Gasteiger partial charge < -0.3 is 10.2 Å². The molecule has 2 aromatic rings. The third kappa shape index (κ3) is 2.87. The summed E-state index contributed by atoms with van der Waals surface area (Å²) in [6, 6.07) is 10.9. The van der Waals surface area contributed by atoms with Gasteiger partial charge in [0.1, 0.15) is 0 Å². The van der Waals surface area contributed by atoms with Crippen molar-refractivity contribution in [2.75, 3.05) is 26.0 Å². The van der Waals surface area contributed by atoms with E-state index in [1.165, 1.54) is 21.7 Å². The minimum Gasteiger partial charge on any atom is -0.378 e. The van der Waals surface area contributed by atoms with E-state index < -0.39 is 0 Å². The Morgan fingerprint density at radius 3 is 2.41 bits per heavy atom. The van der Waals surface area contributed by atoms with Gasteiger partial charge in [0, 0.05) is 31.2 Å². The predicted octanol–water partition coefficient (Wildman–Crippen LogP) is 3.20. The quantitative estimate of drug-likeness (QED) is 0.891. The number of hydrogen-bond donors (Lipinski definition) is 1. The largest absolute Gasteiger partial charge is 0.378 e. The number of benzene rings is 1. The number of nitrogens with one attached hydrogen (secondary N) is 1. The highest BCUT2D eigenvalue weighted by Gasteiger charge is 2.02. The molecular formula is C14H18N2S. The molecular weight excluding hydrogens is 228 g/mol. The van der Waals surface area contributed by atoms with Crippen molar-refractivity contribution in [1.29, 1.82) is 0 Å². The molecule has 0 radical (unpaired) electrons. The van der Waals surface area contributed by atoms with Crippen molar-refractivity contribution in [2.45, 2.75) is 6.54 Å². The molecule has 0 aliphatic carbocycles. The van der Waals surface area contributed by atoms with Crippen LogP contribution in [-0.4, -0.2) is 21.1 Å². The van der Waals surface area contributed by atoms with Crippen LogP contribution in [0.1, 0.15) is 4.88 Å². The van der Waals surface area contributed by atoms with Gasteiger partial charge in [-0.15, -0.1) is 11.3 Å². The van der Waals surface area contributed by atoms with E-state index in [1.54, 1.807) is 11.3 Å². The molecule has 0 fully saturated rings. The van der Waals surface area contributed by atoms with E-state index in [2.05, 4.69) is 60.0 Å². The fraction of sp³-hybridized carbons (Fsp3) is 0.286. The summed E-state index contributed by atoms with van der Waals surface area (Å²) >= 11 is 1.81. The van der Waals surface area contributed by atoms with E-state index in [9.17, 15) is 0 Å². The smallest absolute Gasteiger partial charge is 0.0361 e. The molecule has 0 unspecified atom stereocenters. The van der Waals surface area contributed by atoms with Crippen LogP contribution < -0.4 is 10.2 Å². The van der Waals surface area contributed by atoms with Gasteiger partial charge in [-0.1, -0.05) is 12.1 Å².